The zero-order valence-corrected chi connectivity index (χ0v) is 11.4. The van der Waals surface area contributed by atoms with E-state index in [0.717, 1.165) is 49.9 Å². The molecule has 0 aromatic carbocycles. The molecule has 1 aromatic rings. The first kappa shape index (κ1) is 13.1. The number of hydrogen-bond acceptors (Lipinski definition) is 5. The molecule has 1 saturated heterocycles. The van der Waals surface area contributed by atoms with E-state index in [0.29, 0.717) is 0 Å². The number of anilines is 2. The molecule has 18 heavy (non-hydrogen) atoms. The lowest BCUT2D eigenvalue weighted by atomic mass is 9.92. The monoisotopic (exact) mass is 250 g/mol. The predicted molar refractivity (Wildman–Crippen MR) is 73.0 cm³/mol. The van der Waals surface area contributed by atoms with E-state index >= 15 is 0 Å². The molecule has 1 fully saturated rings. The van der Waals surface area contributed by atoms with E-state index in [1.807, 2.05) is 13.1 Å². The van der Waals surface area contributed by atoms with Crippen LogP contribution in [0.1, 0.15) is 32.5 Å². The molecule has 0 atom stereocenters. The molecule has 2 N–H and O–H groups in total. The molecule has 2 rings (SSSR count). The Bertz CT molecular complexity index is 380. The Morgan fingerprint density at radius 1 is 1.28 bits per heavy atom. The maximum Gasteiger partial charge on any atom is 0.132 e. The quantitative estimate of drug-likeness (QED) is 0.856. The second-order valence-electron chi connectivity index (χ2n) is 4.96. The zero-order chi connectivity index (χ0) is 13.0. The van der Waals surface area contributed by atoms with E-state index in [2.05, 4.69) is 34.4 Å². The number of hydrogen-bond donors (Lipinski definition) is 2. The summed E-state index contributed by atoms with van der Waals surface area (Å²) in [6.45, 7) is 5.92. The van der Waals surface area contributed by atoms with Gasteiger partial charge in [0.1, 0.15) is 17.5 Å². The Morgan fingerprint density at radius 2 is 1.94 bits per heavy atom. The van der Waals surface area contributed by atoms with Gasteiger partial charge in [0.15, 0.2) is 0 Å². The maximum atomic E-state index is 5.41. The summed E-state index contributed by atoms with van der Waals surface area (Å²) in [7, 11) is 1.88. The Hall–Kier alpha value is -1.36. The molecule has 0 amide bonds. The summed E-state index contributed by atoms with van der Waals surface area (Å²) in [5.74, 6) is 2.62. The molecule has 0 spiro atoms. The molecule has 5 nitrogen and oxygen atoms in total. The van der Waals surface area contributed by atoms with Crippen molar-refractivity contribution >= 4 is 11.6 Å². The largest absolute Gasteiger partial charge is 0.381 e. The van der Waals surface area contributed by atoms with Crippen LogP contribution in [-0.4, -0.2) is 35.8 Å². The summed E-state index contributed by atoms with van der Waals surface area (Å²) in [6.07, 6.45) is 2.85. The average molecular weight is 250 g/mol. The van der Waals surface area contributed by atoms with E-state index in [4.69, 9.17) is 4.74 Å². The van der Waals surface area contributed by atoms with Gasteiger partial charge in [-0.25, -0.2) is 9.97 Å². The van der Waals surface area contributed by atoms with Crippen molar-refractivity contribution in [1.82, 2.24) is 9.97 Å². The summed E-state index contributed by atoms with van der Waals surface area (Å²) < 4.78 is 5.41. The number of nitrogens with one attached hydrogen (secondary N) is 2. The van der Waals surface area contributed by atoms with Gasteiger partial charge < -0.3 is 15.4 Å². The maximum absolute atomic E-state index is 5.41. The van der Waals surface area contributed by atoms with Crippen molar-refractivity contribution in [3.63, 3.8) is 0 Å². The molecule has 0 radical (unpaired) electrons. The van der Waals surface area contributed by atoms with Gasteiger partial charge in [-0.1, -0.05) is 6.92 Å². The molecule has 1 aliphatic heterocycles. The second-order valence-corrected chi connectivity index (χ2v) is 4.96. The van der Waals surface area contributed by atoms with Gasteiger partial charge in [0.2, 0.25) is 0 Å². The van der Waals surface area contributed by atoms with E-state index in [1.54, 1.807) is 0 Å². The van der Waals surface area contributed by atoms with Crippen LogP contribution in [-0.2, 0) is 11.2 Å². The minimum absolute atomic E-state index is 0.0720. The summed E-state index contributed by atoms with van der Waals surface area (Å²) in [5, 5.41) is 6.61. The van der Waals surface area contributed by atoms with Crippen LogP contribution in [0.5, 0.6) is 0 Å². The Morgan fingerprint density at radius 3 is 2.56 bits per heavy atom. The highest BCUT2D eigenvalue weighted by molar-refractivity contribution is 5.48. The van der Waals surface area contributed by atoms with Crippen molar-refractivity contribution in [3.05, 3.63) is 11.9 Å². The van der Waals surface area contributed by atoms with Gasteiger partial charge in [0, 0.05) is 38.3 Å². The summed E-state index contributed by atoms with van der Waals surface area (Å²) in [4.78, 5) is 8.94. The number of nitrogens with zero attached hydrogens (tertiary/aromatic N) is 2. The van der Waals surface area contributed by atoms with Crippen molar-refractivity contribution in [3.8, 4) is 0 Å². The number of rotatable bonds is 4. The first-order chi connectivity index (χ1) is 8.65. The van der Waals surface area contributed by atoms with Crippen molar-refractivity contribution in [2.45, 2.75) is 38.6 Å². The average Bonchev–Trinajstić information content (AvgIpc) is 2.38. The highest BCUT2D eigenvalue weighted by atomic mass is 16.5. The lowest BCUT2D eigenvalue weighted by Gasteiger charge is -2.35. The fourth-order valence-electron chi connectivity index (χ4n) is 2.10. The number of ether oxygens (including phenoxy) is 1. The highest BCUT2D eigenvalue weighted by Gasteiger charge is 2.27. The van der Waals surface area contributed by atoms with Gasteiger partial charge >= 0.3 is 0 Å². The zero-order valence-electron chi connectivity index (χ0n) is 11.4. The minimum atomic E-state index is 0.0720. The minimum Gasteiger partial charge on any atom is -0.381 e. The highest BCUT2D eigenvalue weighted by Crippen LogP contribution is 2.25. The van der Waals surface area contributed by atoms with E-state index in [1.165, 1.54) is 0 Å². The summed E-state index contributed by atoms with van der Waals surface area (Å²) >= 11 is 0. The second kappa shape index (κ2) is 5.52. The van der Waals surface area contributed by atoms with Crippen LogP contribution in [0.3, 0.4) is 0 Å². The number of aryl methyl sites for hydroxylation is 1. The predicted octanol–water partition coefficient (Wildman–Crippen LogP) is 2.06. The third-order valence-electron chi connectivity index (χ3n) is 3.37. The lowest BCUT2D eigenvalue weighted by molar-refractivity contribution is 0.0657. The SMILES string of the molecule is CCc1nc(NC)cc(NC2(C)CCOCC2)n1. The van der Waals surface area contributed by atoms with Crippen LogP contribution in [0.2, 0.25) is 0 Å². The van der Waals surface area contributed by atoms with E-state index in [9.17, 15) is 0 Å². The normalized spacial score (nSPS) is 18.4. The number of aromatic nitrogens is 2. The van der Waals surface area contributed by atoms with Gasteiger partial charge in [0.25, 0.3) is 0 Å². The summed E-state index contributed by atoms with van der Waals surface area (Å²) in [5.41, 5.74) is 0.0720. The van der Waals surface area contributed by atoms with Crippen molar-refractivity contribution < 1.29 is 4.74 Å². The van der Waals surface area contributed by atoms with Gasteiger partial charge in [-0.2, -0.15) is 0 Å². The smallest absolute Gasteiger partial charge is 0.132 e. The molecule has 0 unspecified atom stereocenters. The van der Waals surface area contributed by atoms with Crippen LogP contribution in [0.4, 0.5) is 11.6 Å². The molecule has 2 heterocycles. The Labute approximate surface area is 108 Å². The van der Waals surface area contributed by atoms with Crippen LogP contribution in [0.15, 0.2) is 6.07 Å². The molecular formula is C13H22N4O. The Kier molecular flexibility index (Phi) is 4.01. The van der Waals surface area contributed by atoms with Gasteiger partial charge in [-0.15, -0.1) is 0 Å². The van der Waals surface area contributed by atoms with Crippen LogP contribution < -0.4 is 10.6 Å². The lowest BCUT2D eigenvalue weighted by Crippen LogP contribution is -2.41. The molecule has 0 aliphatic carbocycles. The first-order valence-corrected chi connectivity index (χ1v) is 6.57. The topological polar surface area (TPSA) is 59.1 Å². The van der Waals surface area contributed by atoms with Gasteiger partial charge in [-0.3, -0.25) is 0 Å². The molecule has 100 valence electrons. The molecule has 0 bridgehead atoms. The molecule has 5 heteroatoms. The van der Waals surface area contributed by atoms with Crippen molar-refractivity contribution in [1.29, 1.82) is 0 Å². The van der Waals surface area contributed by atoms with E-state index in [-0.39, 0.29) is 5.54 Å². The fraction of sp³-hybridized carbons (Fsp3) is 0.692. The fourth-order valence-corrected chi connectivity index (χ4v) is 2.10. The van der Waals surface area contributed by atoms with Crippen molar-refractivity contribution in [2.24, 2.45) is 0 Å². The third-order valence-corrected chi connectivity index (χ3v) is 3.37. The first-order valence-electron chi connectivity index (χ1n) is 6.57. The molecule has 1 aliphatic rings. The molecule has 0 saturated carbocycles. The van der Waals surface area contributed by atoms with Gasteiger partial charge in [-0.05, 0) is 19.8 Å². The third kappa shape index (κ3) is 3.10. The van der Waals surface area contributed by atoms with Crippen LogP contribution in [0.25, 0.3) is 0 Å². The Balaban J connectivity index is 2.16. The summed E-state index contributed by atoms with van der Waals surface area (Å²) in [6, 6.07) is 1.96. The molecular weight excluding hydrogens is 228 g/mol. The standard InChI is InChI=1S/C13H22N4O/c1-4-10-15-11(14-3)9-12(16-10)17-13(2)5-7-18-8-6-13/h9H,4-8H2,1-3H3,(H2,14,15,16,17). The van der Waals surface area contributed by atoms with E-state index < -0.39 is 0 Å². The van der Waals surface area contributed by atoms with Gasteiger partial charge in [0.05, 0.1) is 0 Å². The molecule has 1 aromatic heterocycles. The van der Waals surface area contributed by atoms with Crippen LogP contribution in [0, 0.1) is 0 Å². The van der Waals surface area contributed by atoms with Crippen molar-refractivity contribution in [2.75, 3.05) is 30.9 Å². The van der Waals surface area contributed by atoms with Crippen LogP contribution >= 0.6 is 0 Å².